The highest BCUT2D eigenvalue weighted by Crippen LogP contribution is 2.32. The van der Waals surface area contributed by atoms with Gasteiger partial charge in [0.1, 0.15) is 5.82 Å². The number of aromatic nitrogens is 3. The molecule has 0 spiro atoms. The molecule has 2 atom stereocenters. The fourth-order valence-electron chi connectivity index (χ4n) is 4.85. The maximum absolute atomic E-state index is 13.2. The lowest BCUT2D eigenvalue weighted by molar-refractivity contribution is -0.119. The molecule has 4 aromatic rings. The average molecular weight is 479 g/mol. The lowest BCUT2D eigenvalue weighted by Crippen LogP contribution is -2.29. The van der Waals surface area contributed by atoms with E-state index >= 15 is 0 Å². The van der Waals surface area contributed by atoms with Crippen LogP contribution in [-0.2, 0) is 11.2 Å². The summed E-state index contributed by atoms with van der Waals surface area (Å²) in [5, 5.41) is 11.5. The number of hydrogen-bond donors (Lipinski definition) is 1. The summed E-state index contributed by atoms with van der Waals surface area (Å²) in [6.07, 6.45) is 2.31. The highest BCUT2D eigenvalue weighted by atomic mass is 16.4. The minimum absolute atomic E-state index is 0.0683. The van der Waals surface area contributed by atoms with Crippen LogP contribution in [0.2, 0.25) is 0 Å². The molecule has 4 heterocycles. The molecular formula is C28H26N6O2. The standard InChI is InChI=1S/C28H26N6O2/c1-18-13-15-34(17-18)26-22(12-7-14-29-26)27-32-33-28(36-27)31-25-23(35)16-20-10-5-6-11-21(20)24(30-25)19-8-3-2-4-9-19/h2-12,14,18,25H,13,15-17H2,1H3,(H,31,33)/t18-,25?/m0/s1. The van der Waals surface area contributed by atoms with E-state index < -0.39 is 6.17 Å². The smallest absolute Gasteiger partial charge is 0.317 e. The van der Waals surface area contributed by atoms with Crippen LogP contribution in [0, 0.1) is 5.92 Å². The molecule has 36 heavy (non-hydrogen) atoms. The van der Waals surface area contributed by atoms with Crippen LogP contribution in [0.1, 0.15) is 30.0 Å². The van der Waals surface area contributed by atoms with E-state index in [0.29, 0.717) is 11.8 Å². The van der Waals surface area contributed by atoms with Crippen molar-refractivity contribution in [3.05, 3.63) is 89.6 Å². The number of hydrogen-bond acceptors (Lipinski definition) is 8. The number of aliphatic imine (C=N–C) groups is 1. The number of anilines is 2. The van der Waals surface area contributed by atoms with Gasteiger partial charge in [-0.2, -0.15) is 0 Å². The first kappa shape index (κ1) is 22.2. The second kappa shape index (κ2) is 9.37. The number of nitrogens with one attached hydrogen (secondary N) is 1. The molecule has 0 saturated carbocycles. The predicted octanol–water partition coefficient (Wildman–Crippen LogP) is 4.38. The normalized spacial score (nSPS) is 19.5. The largest absolute Gasteiger partial charge is 0.403 e. The van der Waals surface area contributed by atoms with Crippen LogP contribution in [-0.4, -0.2) is 45.9 Å². The van der Waals surface area contributed by atoms with Crippen molar-refractivity contribution in [2.45, 2.75) is 25.9 Å². The van der Waals surface area contributed by atoms with Crippen molar-refractivity contribution in [1.29, 1.82) is 0 Å². The Morgan fingerprint density at radius 2 is 1.78 bits per heavy atom. The molecule has 180 valence electrons. The zero-order valence-electron chi connectivity index (χ0n) is 20.0. The van der Waals surface area contributed by atoms with Gasteiger partial charge in [0.2, 0.25) is 0 Å². The first-order valence-corrected chi connectivity index (χ1v) is 12.2. The van der Waals surface area contributed by atoms with Crippen LogP contribution < -0.4 is 10.2 Å². The van der Waals surface area contributed by atoms with E-state index in [4.69, 9.17) is 9.41 Å². The van der Waals surface area contributed by atoms with Crippen LogP contribution in [0.15, 0.2) is 82.3 Å². The highest BCUT2D eigenvalue weighted by molar-refractivity contribution is 6.16. The number of carbonyl (C=O) groups excluding carboxylic acids is 1. The first-order chi connectivity index (χ1) is 17.7. The van der Waals surface area contributed by atoms with Crippen molar-refractivity contribution >= 4 is 23.3 Å². The summed E-state index contributed by atoms with van der Waals surface area (Å²) in [7, 11) is 0. The van der Waals surface area contributed by atoms with Crippen molar-refractivity contribution in [2.24, 2.45) is 10.9 Å². The summed E-state index contributed by atoms with van der Waals surface area (Å²) >= 11 is 0. The summed E-state index contributed by atoms with van der Waals surface area (Å²) < 4.78 is 5.99. The average Bonchev–Trinajstić information content (AvgIpc) is 3.53. The Balaban J connectivity index is 1.32. The molecule has 1 saturated heterocycles. The van der Waals surface area contributed by atoms with Gasteiger partial charge in [0.15, 0.2) is 11.9 Å². The number of fused-ring (bicyclic) bond motifs is 1. The van der Waals surface area contributed by atoms with Crippen molar-refractivity contribution in [2.75, 3.05) is 23.3 Å². The molecule has 2 aliphatic heterocycles. The molecule has 1 fully saturated rings. The molecule has 0 aliphatic carbocycles. The number of rotatable bonds is 5. The van der Waals surface area contributed by atoms with Gasteiger partial charge >= 0.3 is 6.01 Å². The summed E-state index contributed by atoms with van der Waals surface area (Å²) in [4.78, 5) is 24.9. The number of ketones is 1. The number of benzene rings is 2. The van der Waals surface area contributed by atoms with Crippen LogP contribution >= 0.6 is 0 Å². The van der Waals surface area contributed by atoms with Gasteiger partial charge in [-0.05, 0) is 30.0 Å². The summed E-state index contributed by atoms with van der Waals surface area (Å²) in [5.74, 6) is 1.74. The lowest BCUT2D eigenvalue weighted by atomic mass is 9.96. The number of pyridine rings is 1. The van der Waals surface area contributed by atoms with Crippen molar-refractivity contribution in [3.8, 4) is 11.5 Å². The molecule has 0 amide bonds. The van der Waals surface area contributed by atoms with Crippen molar-refractivity contribution in [1.82, 2.24) is 15.2 Å². The maximum atomic E-state index is 13.2. The van der Waals surface area contributed by atoms with Crippen LogP contribution in [0.3, 0.4) is 0 Å². The van der Waals surface area contributed by atoms with E-state index in [2.05, 4.69) is 32.3 Å². The fraction of sp³-hybridized carbons (Fsp3) is 0.250. The summed E-state index contributed by atoms with van der Waals surface area (Å²) in [6, 6.07) is 21.7. The quantitative estimate of drug-likeness (QED) is 0.455. The minimum Gasteiger partial charge on any atom is -0.403 e. The van der Waals surface area contributed by atoms with Gasteiger partial charge in [-0.15, -0.1) is 5.10 Å². The molecule has 2 aliphatic rings. The Labute approximate surface area is 209 Å². The molecule has 0 bridgehead atoms. The fourth-order valence-corrected chi connectivity index (χ4v) is 4.85. The highest BCUT2D eigenvalue weighted by Gasteiger charge is 2.28. The van der Waals surface area contributed by atoms with Gasteiger partial charge in [-0.1, -0.05) is 66.6 Å². The molecule has 2 aromatic carbocycles. The zero-order valence-corrected chi connectivity index (χ0v) is 20.0. The molecule has 2 aromatic heterocycles. The van der Waals surface area contributed by atoms with E-state index in [9.17, 15) is 4.79 Å². The Kier molecular flexibility index (Phi) is 5.77. The van der Waals surface area contributed by atoms with Crippen LogP contribution in [0.25, 0.3) is 11.5 Å². The van der Waals surface area contributed by atoms with Gasteiger partial charge < -0.3 is 14.6 Å². The van der Waals surface area contributed by atoms with E-state index in [1.807, 2.05) is 66.7 Å². The Bertz CT molecular complexity index is 1430. The summed E-state index contributed by atoms with van der Waals surface area (Å²) in [6.45, 7) is 4.12. The maximum Gasteiger partial charge on any atom is 0.317 e. The lowest BCUT2D eigenvalue weighted by Gasteiger charge is -2.18. The molecular weight excluding hydrogens is 452 g/mol. The van der Waals surface area contributed by atoms with E-state index in [0.717, 1.165) is 53.3 Å². The molecule has 8 nitrogen and oxygen atoms in total. The molecule has 8 heteroatoms. The van der Waals surface area contributed by atoms with Gasteiger partial charge in [0.05, 0.1) is 11.3 Å². The van der Waals surface area contributed by atoms with Crippen molar-refractivity contribution < 1.29 is 9.21 Å². The van der Waals surface area contributed by atoms with E-state index in [1.54, 1.807) is 6.20 Å². The third-order valence-corrected chi connectivity index (χ3v) is 6.67. The molecule has 1 unspecified atom stereocenters. The number of Topliss-reactive ketones (excluding diaryl/α,β-unsaturated/α-hetero) is 1. The number of nitrogens with zero attached hydrogens (tertiary/aromatic N) is 5. The SMILES string of the molecule is C[C@H]1CCN(c2ncccc2-c2nnc(NC3N=C(c4ccccc4)c4ccccc4CC3=O)o2)C1. The van der Waals surface area contributed by atoms with Crippen LogP contribution in [0.4, 0.5) is 11.8 Å². The van der Waals surface area contributed by atoms with Gasteiger partial charge in [-0.3, -0.25) is 9.79 Å². The van der Waals surface area contributed by atoms with Gasteiger partial charge in [0.25, 0.3) is 5.89 Å². The van der Waals surface area contributed by atoms with E-state index in [1.165, 1.54) is 0 Å². The summed E-state index contributed by atoms with van der Waals surface area (Å²) in [5.41, 5.74) is 4.37. The van der Waals surface area contributed by atoms with Gasteiger partial charge in [0, 0.05) is 36.8 Å². The van der Waals surface area contributed by atoms with E-state index in [-0.39, 0.29) is 18.2 Å². The Morgan fingerprint density at radius 3 is 2.61 bits per heavy atom. The zero-order chi connectivity index (χ0) is 24.5. The van der Waals surface area contributed by atoms with Crippen LogP contribution in [0.5, 0.6) is 0 Å². The topological polar surface area (TPSA) is 96.5 Å². The molecule has 1 N–H and O–H groups in total. The Morgan fingerprint density at radius 1 is 0.972 bits per heavy atom. The minimum atomic E-state index is -0.853. The molecule has 6 rings (SSSR count). The second-order valence-corrected chi connectivity index (χ2v) is 9.32. The third kappa shape index (κ3) is 4.26. The Hall–Kier alpha value is -4.33. The van der Waals surface area contributed by atoms with Gasteiger partial charge in [-0.25, -0.2) is 4.98 Å². The van der Waals surface area contributed by atoms with Crippen molar-refractivity contribution in [3.63, 3.8) is 0 Å². The molecule has 0 radical (unpaired) electrons. The first-order valence-electron chi connectivity index (χ1n) is 12.2. The second-order valence-electron chi connectivity index (χ2n) is 9.32. The number of carbonyl (C=O) groups is 1. The monoisotopic (exact) mass is 478 g/mol. The predicted molar refractivity (Wildman–Crippen MR) is 138 cm³/mol. The third-order valence-electron chi connectivity index (χ3n) is 6.67.